The van der Waals surface area contributed by atoms with Crippen LogP contribution in [0.4, 0.5) is 4.79 Å². The average Bonchev–Trinajstić information content (AvgIpc) is 2.51. The summed E-state index contributed by atoms with van der Waals surface area (Å²) >= 11 is 0. The number of amides is 1. The van der Waals surface area contributed by atoms with E-state index in [9.17, 15) is 14.7 Å². The van der Waals surface area contributed by atoms with Crippen LogP contribution < -0.4 is 10.1 Å². The molecule has 25 heavy (non-hydrogen) atoms. The molecule has 2 aromatic carbocycles. The van der Waals surface area contributed by atoms with Crippen LogP contribution in [0.1, 0.15) is 33.3 Å². The maximum atomic E-state index is 12.1. The maximum absolute atomic E-state index is 12.1. The number of fused-ring (bicyclic) bond motifs is 1. The van der Waals surface area contributed by atoms with Gasteiger partial charge in [-0.05, 0) is 62.2 Å². The zero-order chi connectivity index (χ0) is 18.8. The molecule has 6 nitrogen and oxygen atoms in total. The SMILES string of the molecule is COc1ccc2cc([C@](C)(NC(=O)OC(C)(C)C)C(=O)O)ccc2c1. The van der Waals surface area contributed by atoms with Crippen LogP contribution in [0, 0.1) is 0 Å². The smallest absolute Gasteiger partial charge is 0.408 e. The Morgan fingerprint density at radius 3 is 2.16 bits per heavy atom. The van der Waals surface area contributed by atoms with Gasteiger partial charge in [-0.1, -0.05) is 18.2 Å². The van der Waals surface area contributed by atoms with Crippen molar-refractivity contribution in [3.63, 3.8) is 0 Å². The van der Waals surface area contributed by atoms with E-state index in [2.05, 4.69) is 5.32 Å². The Hall–Kier alpha value is -2.76. The van der Waals surface area contributed by atoms with Crippen molar-refractivity contribution in [3.8, 4) is 5.75 Å². The van der Waals surface area contributed by atoms with Crippen LogP contribution in [0.5, 0.6) is 5.75 Å². The number of carbonyl (C=O) groups excluding carboxylic acids is 1. The van der Waals surface area contributed by atoms with Crippen LogP contribution in [0.2, 0.25) is 0 Å². The third-order valence-electron chi connectivity index (χ3n) is 3.80. The van der Waals surface area contributed by atoms with Gasteiger partial charge in [-0.2, -0.15) is 0 Å². The van der Waals surface area contributed by atoms with Crippen molar-refractivity contribution in [2.45, 2.75) is 38.8 Å². The minimum absolute atomic E-state index is 0.448. The highest BCUT2D eigenvalue weighted by Gasteiger charge is 2.38. The number of rotatable bonds is 4. The summed E-state index contributed by atoms with van der Waals surface area (Å²) in [5.74, 6) is -0.459. The Balaban J connectivity index is 2.40. The van der Waals surface area contributed by atoms with Gasteiger partial charge in [-0.3, -0.25) is 0 Å². The van der Waals surface area contributed by atoms with Gasteiger partial charge in [-0.25, -0.2) is 9.59 Å². The predicted octanol–water partition coefficient (Wildman–Crippen LogP) is 3.67. The molecule has 0 aliphatic rings. The number of hydrogen-bond acceptors (Lipinski definition) is 4. The first kappa shape index (κ1) is 18.6. The molecule has 0 fully saturated rings. The molecular weight excluding hydrogens is 322 g/mol. The first-order valence-corrected chi connectivity index (χ1v) is 7.88. The van der Waals surface area contributed by atoms with Crippen molar-refractivity contribution >= 4 is 22.8 Å². The second-order valence-electron chi connectivity index (χ2n) is 6.98. The van der Waals surface area contributed by atoms with E-state index in [4.69, 9.17) is 9.47 Å². The normalized spacial score (nSPS) is 13.8. The molecule has 0 aliphatic heterocycles. The van der Waals surface area contributed by atoms with Gasteiger partial charge in [0.2, 0.25) is 0 Å². The second-order valence-corrected chi connectivity index (χ2v) is 6.98. The summed E-state index contributed by atoms with van der Waals surface area (Å²) in [5, 5.41) is 13.9. The lowest BCUT2D eigenvalue weighted by Gasteiger charge is -2.29. The molecule has 0 aromatic heterocycles. The van der Waals surface area contributed by atoms with E-state index < -0.39 is 23.2 Å². The largest absolute Gasteiger partial charge is 0.497 e. The first-order chi connectivity index (χ1) is 11.5. The number of aliphatic carboxylic acids is 1. The number of benzene rings is 2. The molecule has 1 atom stereocenters. The number of alkyl carbamates (subject to hydrolysis) is 1. The molecule has 2 rings (SSSR count). The highest BCUT2D eigenvalue weighted by Crippen LogP contribution is 2.28. The van der Waals surface area contributed by atoms with Crippen LogP contribution in [-0.4, -0.2) is 29.9 Å². The zero-order valence-corrected chi connectivity index (χ0v) is 15.0. The summed E-state index contributed by atoms with van der Waals surface area (Å²) in [6.45, 7) is 6.58. The third kappa shape index (κ3) is 4.21. The van der Waals surface area contributed by atoms with E-state index in [1.165, 1.54) is 6.92 Å². The molecule has 0 saturated carbocycles. The maximum Gasteiger partial charge on any atom is 0.408 e. The van der Waals surface area contributed by atoms with E-state index in [-0.39, 0.29) is 0 Å². The van der Waals surface area contributed by atoms with Crippen LogP contribution in [0.25, 0.3) is 10.8 Å². The molecule has 2 aromatic rings. The van der Waals surface area contributed by atoms with Crippen LogP contribution in [0.15, 0.2) is 36.4 Å². The lowest BCUT2D eigenvalue weighted by molar-refractivity contribution is -0.144. The number of nitrogens with one attached hydrogen (secondary N) is 1. The number of carbonyl (C=O) groups is 2. The summed E-state index contributed by atoms with van der Waals surface area (Å²) in [5.41, 5.74) is -1.89. The lowest BCUT2D eigenvalue weighted by Crippen LogP contribution is -2.51. The number of hydrogen-bond donors (Lipinski definition) is 2. The van der Waals surface area contributed by atoms with Crippen molar-refractivity contribution < 1.29 is 24.2 Å². The molecule has 0 saturated heterocycles. The molecule has 0 unspecified atom stereocenters. The Morgan fingerprint density at radius 1 is 1.00 bits per heavy atom. The van der Waals surface area contributed by atoms with E-state index >= 15 is 0 Å². The lowest BCUT2D eigenvalue weighted by atomic mass is 9.90. The van der Waals surface area contributed by atoms with Crippen LogP contribution in [-0.2, 0) is 15.1 Å². The monoisotopic (exact) mass is 345 g/mol. The van der Waals surface area contributed by atoms with Crippen molar-refractivity contribution in [1.29, 1.82) is 0 Å². The second kappa shape index (κ2) is 6.63. The van der Waals surface area contributed by atoms with Gasteiger partial charge < -0.3 is 19.9 Å². The fraction of sp³-hybridized carbons (Fsp3) is 0.368. The first-order valence-electron chi connectivity index (χ1n) is 7.88. The molecule has 0 aliphatic carbocycles. The summed E-state index contributed by atoms with van der Waals surface area (Å²) in [6.07, 6.45) is -0.785. The Morgan fingerprint density at radius 2 is 1.60 bits per heavy atom. The van der Waals surface area contributed by atoms with Gasteiger partial charge in [0, 0.05) is 0 Å². The molecule has 134 valence electrons. The van der Waals surface area contributed by atoms with Gasteiger partial charge in [0.05, 0.1) is 7.11 Å². The van der Waals surface area contributed by atoms with Gasteiger partial charge in [0.25, 0.3) is 0 Å². The fourth-order valence-electron chi connectivity index (χ4n) is 2.42. The van der Waals surface area contributed by atoms with Crippen molar-refractivity contribution in [2.24, 2.45) is 0 Å². The number of carboxylic acid groups (broad SMARTS) is 1. The van der Waals surface area contributed by atoms with Gasteiger partial charge in [0.1, 0.15) is 11.4 Å². The predicted molar refractivity (Wildman–Crippen MR) is 94.9 cm³/mol. The topological polar surface area (TPSA) is 84.9 Å². The number of ether oxygens (including phenoxy) is 2. The summed E-state index contributed by atoms with van der Waals surface area (Å²) in [4.78, 5) is 24.0. The molecule has 1 amide bonds. The average molecular weight is 345 g/mol. The molecule has 0 spiro atoms. The van der Waals surface area contributed by atoms with Crippen LogP contribution in [0.3, 0.4) is 0 Å². The van der Waals surface area contributed by atoms with E-state index in [0.29, 0.717) is 11.3 Å². The molecule has 0 bridgehead atoms. The standard InChI is InChI=1S/C19H23NO5/c1-18(2,3)25-17(23)20-19(4,16(21)22)14-8-6-13-11-15(24-5)9-7-12(13)10-14/h6-11H,1-5H3,(H,20,23)(H,21,22)/t19-/m0/s1. The number of methoxy groups -OCH3 is 1. The summed E-state index contributed by atoms with van der Waals surface area (Å²) < 4.78 is 10.4. The minimum atomic E-state index is -1.61. The number of carboxylic acids is 1. The highest BCUT2D eigenvalue weighted by molar-refractivity contribution is 5.89. The van der Waals surface area contributed by atoms with Crippen LogP contribution >= 0.6 is 0 Å². The zero-order valence-electron chi connectivity index (χ0n) is 15.0. The van der Waals surface area contributed by atoms with Gasteiger partial charge in [0.15, 0.2) is 5.54 Å². The molecule has 6 heteroatoms. The Bertz CT molecular complexity index is 809. The third-order valence-corrected chi connectivity index (χ3v) is 3.80. The van der Waals surface area contributed by atoms with E-state index in [1.54, 1.807) is 52.1 Å². The Labute approximate surface area is 146 Å². The van der Waals surface area contributed by atoms with Gasteiger partial charge in [-0.15, -0.1) is 0 Å². The molecule has 0 radical (unpaired) electrons. The van der Waals surface area contributed by atoms with E-state index in [0.717, 1.165) is 10.8 Å². The quantitative estimate of drug-likeness (QED) is 0.883. The van der Waals surface area contributed by atoms with Crippen molar-refractivity contribution in [2.75, 3.05) is 7.11 Å². The Kier molecular flexibility index (Phi) is 4.92. The van der Waals surface area contributed by atoms with E-state index in [1.807, 2.05) is 12.1 Å². The minimum Gasteiger partial charge on any atom is -0.497 e. The molecule has 0 heterocycles. The molecular formula is C19H23NO5. The highest BCUT2D eigenvalue weighted by atomic mass is 16.6. The molecule has 2 N–H and O–H groups in total. The fourth-order valence-corrected chi connectivity index (χ4v) is 2.42. The van der Waals surface area contributed by atoms with Crippen molar-refractivity contribution in [1.82, 2.24) is 5.32 Å². The summed E-state index contributed by atoms with van der Waals surface area (Å²) in [7, 11) is 1.59. The summed E-state index contributed by atoms with van der Waals surface area (Å²) in [6, 6.07) is 10.7. The van der Waals surface area contributed by atoms with Crippen molar-refractivity contribution in [3.05, 3.63) is 42.0 Å². The van der Waals surface area contributed by atoms with Gasteiger partial charge >= 0.3 is 12.1 Å².